The Morgan fingerprint density at radius 1 is 1.21 bits per heavy atom. The third-order valence-electron chi connectivity index (χ3n) is 4.16. The van der Waals surface area contributed by atoms with Gasteiger partial charge in [-0.3, -0.25) is 0 Å². The minimum atomic E-state index is 0.159. The third kappa shape index (κ3) is 6.21. The maximum absolute atomic E-state index is 8.77. The average molecular weight is 271 g/mol. The number of rotatable bonds is 9. The number of likely N-dealkylation sites (tertiary alicyclic amines) is 1. The molecule has 0 unspecified atom stereocenters. The smallest absolute Gasteiger partial charge is 0.0431 e. The molecule has 1 aliphatic rings. The molecule has 0 bridgehead atoms. The molecular formula is C15H33N3O. The molecule has 0 aliphatic carbocycles. The summed E-state index contributed by atoms with van der Waals surface area (Å²) < 4.78 is 0. The quantitative estimate of drug-likeness (QED) is 0.551. The fourth-order valence-corrected chi connectivity index (χ4v) is 2.90. The minimum absolute atomic E-state index is 0.159. The number of nitrogens with zero attached hydrogens (tertiary/aromatic N) is 1. The van der Waals surface area contributed by atoms with Gasteiger partial charge in [0.2, 0.25) is 0 Å². The van der Waals surface area contributed by atoms with Crippen LogP contribution in [-0.2, 0) is 0 Å². The van der Waals surface area contributed by atoms with Crippen LogP contribution in [0.15, 0.2) is 0 Å². The molecule has 114 valence electrons. The van der Waals surface area contributed by atoms with Crippen LogP contribution in [0.5, 0.6) is 0 Å². The van der Waals surface area contributed by atoms with E-state index in [0.29, 0.717) is 6.61 Å². The number of aliphatic hydroxyl groups is 1. The molecular weight excluding hydrogens is 238 g/mol. The molecule has 4 heteroatoms. The van der Waals surface area contributed by atoms with Gasteiger partial charge in [0.15, 0.2) is 0 Å². The standard InChI is InChI=1S/C15H33N3O/c1-14(2)12-18-9-6-15(13-16,7-10-18)17-8-4-3-5-11-19/h14,17,19H,3-13,16H2,1-2H3. The lowest BCUT2D eigenvalue weighted by Gasteiger charge is -2.42. The predicted octanol–water partition coefficient (Wildman–Crippen LogP) is 1.19. The monoisotopic (exact) mass is 271 g/mol. The Labute approximate surface area is 118 Å². The number of nitrogens with two attached hydrogens (primary N) is 1. The number of nitrogens with one attached hydrogen (secondary N) is 1. The van der Waals surface area contributed by atoms with Crippen molar-refractivity contribution in [1.29, 1.82) is 0 Å². The van der Waals surface area contributed by atoms with E-state index in [9.17, 15) is 0 Å². The van der Waals surface area contributed by atoms with Gasteiger partial charge in [-0.1, -0.05) is 13.8 Å². The molecule has 1 rings (SSSR count). The van der Waals surface area contributed by atoms with Gasteiger partial charge in [0.05, 0.1) is 0 Å². The summed E-state index contributed by atoms with van der Waals surface area (Å²) in [6.45, 7) is 10.2. The second-order valence-corrected chi connectivity index (χ2v) is 6.39. The lowest BCUT2D eigenvalue weighted by molar-refractivity contribution is 0.128. The SMILES string of the molecule is CC(C)CN1CCC(CN)(NCCCCCO)CC1. The molecule has 0 aromatic heterocycles. The van der Waals surface area contributed by atoms with E-state index in [1.165, 1.54) is 19.6 Å². The van der Waals surface area contributed by atoms with Gasteiger partial charge in [0.25, 0.3) is 0 Å². The summed E-state index contributed by atoms with van der Waals surface area (Å²) in [7, 11) is 0. The van der Waals surface area contributed by atoms with Gasteiger partial charge in [0, 0.05) is 25.2 Å². The molecule has 0 saturated carbocycles. The van der Waals surface area contributed by atoms with Crippen molar-refractivity contribution in [3.63, 3.8) is 0 Å². The third-order valence-corrected chi connectivity index (χ3v) is 4.16. The van der Waals surface area contributed by atoms with E-state index < -0.39 is 0 Å². The number of piperidine rings is 1. The van der Waals surface area contributed by atoms with Gasteiger partial charge in [-0.15, -0.1) is 0 Å². The van der Waals surface area contributed by atoms with E-state index in [-0.39, 0.29) is 5.54 Å². The molecule has 1 aliphatic heterocycles. The largest absolute Gasteiger partial charge is 0.396 e. The predicted molar refractivity (Wildman–Crippen MR) is 81.2 cm³/mol. The van der Waals surface area contributed by atoms with E-state index in [2.05, 4.69) is 24.1 Å². The van der Waals surface area contributed by atoms with Crippen LogP contribution in [0, 0.1) is 5.92 Å². The number of hydrogen-bond acceptors (Lipinski definition) is 4. The Morgan fingerprint density at radius 3 is 2.42 bits per heavy atom. The summed E-state index contributed by atoms with van der Waals surface area (Å²) in [5, 5.41) is 12.5. The Hall–Kier alpha value is -0.160. The van der Waals surface area contributed by atoms with Crippen LogP contribution < -0.4 is 11.1 Å². The summed E-state index contributed by atoms with van der Waals surface area (Å²) in [6.07, 6.45) is 5.48. The van der Waals surface area contributed by atoms with Gasteiger partial charge in [-0.2, -0.15) is 0 Å². The number of aliphatic hydroxyl groups excluding tert-OH is 1. The van der Waals surface area contributed by atoms with Crippen LogP contribution in [0.25, 0.3) is 0 Å². The summed E-state index contributed by atoms with van der Waals surface area (Å²) in [4.78, 5) is 2.56. The zero-order valence-electron chi connectivity index (χ0n) is 12.8. The molecule has 1 heterocycles. The summed E-state index contributed by atoms with van der Waals surface area (Å²) in [5.41, 5.74) is 6.16. The minimum Gasteiger partial charge on any atom is -0.396 e. The van der Waals surface area contributed by atoms with Crippen molar-refractivity contribution >= 4 is 0 Å². The molecule has 0 amide bonds. The molecule has 19 heavy (non-hydrogen) atoms. The number of hydrogen-bond donors (Lipinski definition) is 3. The van der Waals surface area contributed by atoms with E-state index in [1.807, 2.05) is 0 Å². The Morgan fingerprint density at radius 2 is 1.89 bits per heavy atom. The molecule has 0 aromatic rings. The topological polar surface area (TPSA) is 61.5 Å². The average Bonchev–Trinajstić information content (AvgIpc) is 2.40. The molecule has 0 radical (unpaired) electrons. The zero-order valence-corrected chi connectivity index (χ0v) is 12.8. The first-order valence-electron chi connectivity index (χ1n) is 7.90. The first-order chi connectivity index (χ1) is 9.12. The first-order valence-corrected chi connectivity index (χ1v) is 7.90. The second-order valence-electron chi connectivity index (χ2n) is 6.39. The van der Waals surface area contributed by atoms with Gasteiger partial charge < -0.3 is 21.1 Å². The molecule has 4 nitrogen and oxygen atoms in total. The van der Waals surface area contributed by atoms with Crippen molar-refractivity contribution in [1.82, 2.24) is 10.2 Å². The lowest BCUT2D eigenvalue weighted by atomic mass is 9.87. The Kier molecular flexibility index (Phi) is 7.91. The van der Waals surface area contributed by atoms with Gasteiger partial charge >= 0.3 is 0 Å². The maximum atomic E-state index is 8.77. The highest BCUT2D eigenvalue weighted by Crippen LogP contribution is 2.22. The van der Waals surface area contributed by atoms with Crippen LogP contribution in [0.4, 0.5) is 0 Å². The summed E-state index contributed by atoms with van der Waals surface area (Å²) in [6, 6.07) is 0. The zero-order chi connectivity index (χ0) is 14.1. The van der Waals surface area contributed by atoms with E-state index in [0.717, 1.165) is 51.1 Å². The normalized spacial score (nSPS) is 20.1. The van der Waals surface area contributed by atoms with Crippen molar-refractivity contribution in [2.75, 3.05) is 39.3 Å². The number of unbranched alkanes of at least 4 members (excludes halogenated alkanes) is 2. The fourth-order valence-electron chi connectivity index (χ4n) is 2.90. The van der Waals surface area contributed by atoms with Crippen LogP contribution in [0.3, 0.4) is 0 Å². The van der Waals surface area contributed by atoms with Crippen molar-refractivity contribution < 1.29 is 5.11 Å². The van der Waals surface area contributed by atoms with E-state index >= 15 is 0 Å². The van der Waals surface area contributed by atoms with Gasteiger partial charge in [-0.05, 0) is 57.7 Å². The Balaban J connectivity index is 2.25. The van der Waals surface area contributed by atoms with Gasteiger partial charge in [0.1, 0.15) is 0 Å². The Bertz CT molecular complexity index is 225. The van der Waals surface area contributed by atoms with Crippen molar-refractivity contribution in [2.24, 2.45) is 11.7 Å². The van der Waals surface area contributed by atoms with Crippen molar-refractivity contribution in [2.45, 2.75) is 51.5 Å². The lowest BCUT2D eigenvalue weighted by Crippen LogP contribution is -2.58. The summed E-state index contributed by atoms with van der Waals surface area (Å²) >= 11 is 0. The highest BCUT2D eigenvalue weighted by Gasteiger charge is 2.32. The molecule has 0 spiro atoms. The van der Waals surface area contributed by atoms with E-state index in [4.69, 9.17) is 10.8 Å². The maximum Gasteiger partial charge on any atom is 0.0431 e. The van der Waals surface area contributed by atoms with Crippen LogP contribution in [0.2, 0.25) is 0 Å². The molecule has 4 N–H and O–H groups in total. The van der Waals surface area contributed by atoms with Crippen LogP contribution in [-0.4, -0.2) is 54.9 Å². The van der Waals surface area contributed by atoms with Crippen LogP contribution >= 0.6 is 0 Å². The molecule has 0 atom stereocenters. The molecule has 1 saturated heterocycles. The van der Waals surface area contributed by atoms with Gasteiger partial charge in [-0.25, -0.2) is 0 Å². The fraction of sp³-hybridized carbons (Fsp3) is 1.00. The highest BCUT2D eigenvalue weighted by molar-refractivity contribution is 4.94. The van der Waals surface area contributed by atoms with Crippen molar-refractivity contribution in [3.05, 3.63) is 0 Å². The first kappa shape index (κ1) is 16.9. The second kappa shape index (κ2) is 8.90. The van der Waals surface area contributed by atoms with Crippen molar-refractivity contribution in [3.8, 4) is 0 Å². The van der Waals surface area contributed by atoms with Crippen LogP contribution in [0.1, 0.15) is 46.0 Å². The van der Waals surface area contributed by atoms with E-state index in [1.54, 1.807) is 0 Å². The highest BCUT2D eigenvalue weighted by atomic mass is 16.2. The molecule has 1 fully saturated rings. The summed E-state index contributed by atoms with van der Waals surface area (Å²) in [5.74, 6) is 0.747. The molecule has 0 aromatic carbocycles.